The highest BCUT2D eigenvalue weighted by Gasteiger charge is 2.26. The molecule has 1 fully saturated rings. The van der Waals surface area contributed by atoms with Gasteiger partial charge in [0.15, 0.2) is 5.82 Å². The van der Waals surface area contributed by atoms with Gasteiger partial charge >= 0.3 is 0 Å². The average molecular weight is 403 g/mol. The summed E-state index contributed by atoms with van der Waals surface area (Å²) in [4.78, 5) is 9.10. The molecule has 0 spiro atoms. The monoisotopic (exact) mass is 403 g/mol. The van der Waals surface area contributed by atoms with Gasteiger partial charge in [0.2, 0.25) is 0 Å². The van der Waals surface area contributed by atoms with E-state index in [0.29, 0.717) is 12.4 Å². The lowest BCUT2D eigenvalue weighted by Crippen LogP contribution is -2.39. The van der Waals surface area contributed by atoms with Crippen LogP contribution < -0.4 is 5.32 Å². The Hall–Kier alpha value is -3.39. The van der Waals surface area contributed by atoms with Gasteiger partial charge in [0.25, 0.3) is 0 Å². The molecule has 5 rings (SSSR count). The average Bonchev–Trinajstić information content (AvgIpc) is 3.44. The molecule has 152 valence electrons. The van der Waals surface area contributed by atoms with Crippen molar-refractivity contribution in [2.75, 3.05) is 13.1 Å². The third-order valence-electron chi connectivity index (χ3n) is 5.46. The number of hydrogen-bond acceptors (Lipinski definition) is 5. The first kappa shape index (κ1) is 18.6. The summed E-state index contributed by atoms with van der Waals surface area (Å²) in [5, 5.41) is 11.7. The third-order valence-corrected chi connectivity index (χ3v) is 5.46. The Morgan fingerprint density at radius 1 is 0.933 bits per heavy atom. The molecule has 0 aliphatic carbocycles. The zero-order valence-electron chi connectivity index (χ0n) is 16.6. The molecule has 1 N–H and O–H groups in total. The smallest absolute Gasteiger partial charge is 0.159 e. The van der Waals surface area contributed by atoms with Crippen LogP contribution in [0, 0.1) is 0 Å². The quantitative estimate of drug-likeness (QED) is 0.566. The van der Waals surface area contributed by atoms with Gasteiger partial charge in [-0.3, -0.25) is 9.36 Å². The van der Waals surface area contributed by atoms with Gasteiger partial charge in [0.05, 0.1) is 18.4 Å². The minimum absolute atomic E-state index is 0.226. The summed E-state index contributed by atoms with van der Waals surface area (Å²) < 4.78 is 17.7. The molecule has 0 bridgehead atoms. The summed E-state index contributed by atoms with van der Waals surface area (Å²) in [5.41, 5.74) is 4.80. The lowest BCUT2D eigenvalue weighted by Gasteiger charge is -2.26. The maximum atomic E-state index is 14.2. The molecular weight excluding hydrogens is 381 g/mol. The molecule has 4 heterocycles. The van der Waals surface area contributed by atoms with Crippen molar-refractivity contribution in [1.29, 1.82) is 0 Å². The number of aryl methyl sites for hydroxylation is 1. The van der Waals surface area contributed by atoms with Crippen LogP contribution in [0.3, 0.4) is 0 Å². The maximum absolute atomic E-state index is 14.2. The largest absolute Gasteiger partial charge is 0.314 e. The van der Waals surface area contributed by atoms with Crippen LogP contribution in [-0.2, 0) is 7.05 Å². The van der Waals surface area contributed by atoms with Crippen LogP contribution in [0.5, 0.6) is 0 Å². The number of alkyl halides is 1. The Balaban J connectivity index is 1.38. The molecule has 1 aliphatic rings. The van der Waals surface area contributed by atoms with Crippen LogP contribution in [0.2, 0.25) is 0 Å². The van der Waals surface area contributed by atoms with Crippen molar-refractivity contribution in [3.05, 3.63) is 61.4 Å². The minimum atomic E-state index is -0.933. The van der Waals surface area contributed by atoms with Crippen LogP contribution in [0.4, 0.5) is 4.39 Å². The summed E-state index contributed by atoms with van der Waals surface area (Å²) in [6.07, 6.45) is 10.8. The van der Waals surface area contributed by atoms with E-state index in [-0.39, 0.29) is 6.04 Å². The zero-order chi connectivity index (χ0) is 20.5. The van der Waals surface area contributed by atoms with Crippen molar-refractivity contribution in [2.45, 2.75) is 18.6 Å². The van der Waals surface area contributed by atoms with Gasteiger partial charge in [-0.2, -0.15) is 10.2 Å². The normalized spacial score (nSPS) is 19.1. The summed E-state index contributed by atoms with van der Waals surface area (Å²) >= 11 is 0. The summed E-state index contributed by atoms with van der Waals surface area (Å²) in [6.45, 7) is 1.17. The van der Waals surface area contributed by atoms with Gasteiger partial charge in [-0.25, -0.2) is 14.4 Å². The van der Waals surface area contributed by atoms with E-state index >= 15 is 0 Å². The van der Waals surface area contributed by atoms with E-state index in [0.717, 1.165) is 40.8 Å². The van der Waals surface area contributed by atoms with Crippen LogP contribution in [0.15, 0.2) is 61.4 Å². The highest BCUT2D eigenvalue weighted by Crippen LogP contribution is 2.27. The van der Waals surface area contributed by atoms with Gasteiger partial charge < -0.3 is 5.32 Å². The second kappa shape index (κ2) is 7.79. The third kappa shape index (κ3) is 3.61. The van der Waals surface area contributed by atoms with E-state index in [2.05, 4.69) is 31.5 Å². The molecule has 0 saturated carbocycles. The highest BCUT2D eigenvalue weighted by atomic mass is 19.1. The lowest BCUT2D eigenvalue weighted by molar-refractivity contribution is 0.173. The summed E-state index contributed by atoms with van der Waals surface area (Å²) in [5.74, 6) is 0.652. The van der Waals surface area contributed by atoms with Crippen LogP contribution in [0.1, 0.15) is 12.5 Å². The van der Waals surface area contributed by atoms with Gasteiger partial charge in [-0.1, -0.05) is 18.2 Å². The first-order valence-electron chi connectivity index (χ1n) is 9.98. The molecule has 0 radical (unpaired) electrons. The first-order valence-corrected chi connectivity index (χ1v) is 9.98. The molecule has 4 aromatic rings. The second-order valence-corrected chi connectivity index (χ2v) is 7.56. The van der Waals surface area contributed by atoms with Crippen molar-refractivity contribution < 1.29 is 4.39 Å². The van der Waals surface area contributed by atoms with E-state index in [4.69, 9.17) is 0 Å². The fourth-order valence-corrected chi connectivity index (χ4v) is 3.81. The number of aromatic nitrogens is 6. The maximum Gasteiger partial charge on any atom is 0.159 e. The van der Waals surface area contributed by atoms with Crippen LogP contribution in [0.25, 0.3) is 33.6 Å². The van der Waals surface area contributed by atoms with Gasteiger partial charge in [0, 0.05) is 60.6 Å². The number of piperidine rings is 1. The molecule has 0 unspecified atom stereocenters. The first-order chi connectivity index (χ1) is 14.7. The number of benzene rings is 1. The molecule has 30 heavy (non-hydrogen) atoms. The minimum Gasteiger partial charge on any atom is -0.314 e. The Morgan fingerprint density at radius 2 is 1.70 bits per heavy atom. The molecule has 2 atom stereocenters. The van der Waals surface area contributed by atoms with Gasteiger partial charge in [-0.05, 0) is 24.6 Å². The summed E-state index contributed by atoms with van der Waals surface area (Å²) in [6, 6.07) is 7.86. The van der Waals surface area contributed by atoms with E-state index < -0.39 is 6.17 Å². The topological polar surface area (TPSA) is 73.5 Å². The van der Waals surface area contributed by atoms with Crippen molar-refractivity contribution in [2.24, 2.45) is 7.05 Å². The Morgan fingerprint density at radius 3 is 2.47 bits per heavy atom. The predicted molar refractivity (Wildman–Crippen MR) is 112 cm³/mol. The molecular formula is C22H22FN7. The SMILES string of the molecule is Cn1cc(-c2cccc(-c3ncc(-c4cnn([C@@H]5CCNC[C@H]5F)c4)cn3)c2)cn1. The number of hydrogen-bond donors (Lipinski definition) is 1. The lowest BCUT2D eigenvalue weighted by atomic mass is 10.1. The van der Waals surface area contributed by atoms with Crippen molar-refractivity contribution in [3.63, 3.8) is 0 Å². The molecule has 1 aliphatic heterocycles. The number of nitrogens with zero attached hydrogens (tertiary/aromatic N) is 6. The van der Waals surface area contributed by atoms with Gasteiger partial charge in [-0.15, -0.1) is 0 Å². The van der Waals surface area contributed by atoms with Crippen molar-refractivity contribution in [1.82, 2.24) is 34.8 Å². The van der Waals surface area contributed by atoms with Crippen molar-refractivity contribution in [3.8, 4) is 33.6 Å². The molecule has 1 aromatic carbocycles. The molecule has 7 nitrogen and oxygen atoms in total. The fraction of sp³-hybridized carbons (Fsp3) is 0.273. The molecule has 3 aromatic heterocycles. The molecule has 8 heteroatoms. The Kier molecular flexibility index (Phi) is 4.84. The predicted octanol–water partition coefficient (Wildman–Crippen LogP) is 3.28. The van der Waals surface area contributed by atoms with E-state index in [1.54, 1.807) is 28.0 Å². The second-order valence-electron chi connectivity index (χ2n) is 7.56. The molecule has 1 saturated heterocycles. The molecule has 0 amide bonds. The summed E-state index contributed by atoms with van der Waals surface area (Å²) in [7, 11) is 1.90. The number of rotatable bonds is 4. The Labute approximate surface area is 173 Å². The van der Waals surface area contributed by atoms with Crippen molar-refractivity contribution >= 4 is 0 Å². The van der Waals surface area contributed by atoms with Crippen LogP contribution >= 0.6 is 0 Å². The number of nitrogens with one attached hydrogen (secondary N) is 1. The fourth-order valence-electron chi connectivity index (χ4n) is 3.81. The van der Waals surface area contributed by atoms with E-state index in [9.17, 15) is 4.39 Å². The number of halogens is 1. The highest BCUT2D eigenvalue weighted by molar-refractivity contribution is 5.70. The Bertz CT molecular complexity index is 1150. The van der Waals surface area contributed by atoms with Crippen LogP contribution in [-0.4, -0.2) is 48.8 Å². The van der Waals surface area contributed by atoms with E-state index in [1.807, 2.05) is 43.8 Å². The van der Waals surface area contributed by atoms with Gasteiger partial charge in [0.1, 0.15) is 6.17 Å². The standard InChI is InChI=1S/C22H22FN7/c1-29-13-18(10-27-29)15-3-2-4-16(7-15)22-25-8-17(9-26-22)19-11-28-30(14-19)21-5-6-24-12-20(21)23/h2-4,7-11,13-14,20-21,24H,5-6,12H2,1H3/t20-,21-/m1/s1. The van der Waals surface area contributed by atoms with E-state index in [1.165, 1.54) is 0 Å². The zero-order valence-corrected chi connectivity index (χ0v) is 16.6.